The van der Waals surface area contributed by atoms with Crippen LogP contribution in [-0.2, 0) is 14.3 Å². The summed E-state index contributed by atoms with van der Waals surface area (Å²) in [4.78, 5) is 55.8. The summed E-state index contributed by atoms with van der Waals surface area (Å²) in [6.45, 7) is 4.69. The molecule has 1 saturated carbocycles. The molecule has 1 aliphatic carbocycles. The molecule has 3 unspecified atom stereocenters. The minimum atomic E-state index is -0.946. The van der Waals surface area contributed by atoms with Gasteiger partial charge in [-0.2, -0.15) is 0 Å². The summed E-state index contributed by atoms with van der Waals surface area (Å²) in [5.74, 6) is -1.90. The van der Waals surface area contributed by atoms with Crippen molar-refractivity contribution in [3.8, 4) is 0 Å². The minimum Gasteiger partial charge on any atom is -0.376 e. The van der Waals surface area contributed by atoms with Crippen molar-refractivity contribution in [2.24, 2.45) is 0 Å². The third-order valence-electron chi connectivity index (χ3n) is 7.77. The first kappa shape index (κ1) is 23.0. The zero-order valence-electron chi connectivity index (χ0n) is 19.8. The van der Waals surface area contributed by atoms with Crippen molar-refractivity contribution in [2.75, 3.05) is 31.6 Å². The minimum absolute atomic E-state index is 0.113. The van der Waals surface area contributed by atoms with Gasteiger partial charge in [0.05, 0.1) is 17.2 Å². The van der Waals surface area contributed by atoms with Gasteiger partial charge >= 0.3 is 0 Å². The number of nitrogens with zero attached hydrogens (tertiary/aromatic N) is 3. The van der Waals surface area contributed by atoms with E-state index in [2.05, 4.69) is 22.2 Å². The van der Waals surface area contributed by atoms with Gasteiger partial charge in [0.25, 0.3) is 11.8 Å². The number of imide groups is 2. The van der Waals surface area contributed by atoms with Crippen molar-refractivity contribution in [1.29, 1.82) is 0 Å². The standard InChI is InChI=1S/C25H32N4O5/c1-3-34-16-13-28(14-16)20-7-5-4-6-19(20)27(2)15-8-9-17-18(12-15)25(33)29(24(17)32)21-10-11-22(30)26-23(21)31/h8-9,12,16,19-21H,3-7,10-11,13-14H2,1-2H3,(H,26,30,31). The highest BCUT2D eigenvalue weighted by atomic mass is 16.5. The van der Waals surface area contributed by atoms with Gasteiger partial charge in [-0.15, -0.1) is 0 Å². The van der Waals surface area contributed by atoms with E-state index in [-0.39, 0.29) is 18.7 Å². The molecular formula is C25H32N4O5. The molecule has 182 valence electrons. The molecule has 0 radical (unpaired) electrons. The fraction of sp³-hybridized carbons (Fsp3) is 0.600. The Hall–Kier alpha value is -2.78. The number of likely N-dealkylation sites (N-methyl/N-ethyl adjacent to an activating group) is 1. The first-order valence-corrected chi connectivity index (χ1v) is 12.3. The fourth-order valence-corrected chi connectivity index (χ4v) is 5.92. The Labute approximate surface area is 199 Å². The predicted molar refractivity (Wildman–Crippen MR) is 125 cm³/mol. The number of hydrogen-bond donors (Lipinski definition) is 1. The highest BCUT2D eigenvalue weighted by Gasteiger charge is 2.45. The van der Waals surface area contributed by atoms with Crippen LogP contribution in [0, 0.1) is 0 Å². The molecule has 3 heterocycles. The van der Waals surface area contributed by atoms with Crippen LogP contribution in [0.3, 0.4) is 0 Å². The third-order valence-corrected chi connectivity index (χ3v) is 7.77. The van der Waals surface area contributed by atoms with Gasteiger partial charge in [0, 0.05) is 50.9 Å². The first-order chi connectivity index (χ1) is 16.4. The Bertz CT molecular complexity index is 1020. The molecule has 4 aliphatic rings. The summed E-state index contributed by atoms with van der Waals surface area (Å²) < 4.78 is 5.75. The highest BCUT2D eigenvalue weighted by Crippen LogP contribution is 2.35. The van der Waals surface area contributed by atoms with Gasteiger partial charge in [0.1, 0.15) is 6.04 Å². The Morgan fingerprint density at radius 3 is 2.50 bits per heavy atom. The number of nitrogens with one attached hydrogen (secondary N) is 1. The molecule has 3 atom stereocenters. The molecule has 3 fully saturated rings. The van der Waals surface area contributed by atoms with E-state index in [1.54, 1.807) is 12.1 Å². The maximum atomic E-state index is 13.2. The summed E-state index contributed by atoms with van der Waals surface area (Å²) >= 11 is 0. The number of carbonyl (C=O) groups excluding carboxylic acids is 4. The highest BCUT2D eigenvalue weighted by molar-refractivity contribution is 6.23. The molecule has 1 N–H and O–H groups in total. The average molecular weight is 469 g/mol. The molecule has 9 heteroatoms. The van der Waals surface area contributed by atoms with Crippen LogP contribution in [0.15, 0.2) is 18.2 Å². The number of fused-ring (bicyclic) bond motifs is 1. The predicted octanol–water partition coefficient (Wildman–Crippen LogP) is 1.56. The lowest BCUT2D eigenvalue weighted by atomic mass is 9.86. The normalized spacial score (nSPS) is 28.1. The summed E-state index contributed by atoms with van der Waals surface area (Å²) in [7, 11) is 2.06. The molecule has 1 aromatic carbocycles. The fourth-order valence-electron chi connectivity index (χ4n) is 5.92. The number of carbonyl (C=O) groups is 4. The van der Waals surface area contributed by atoms with Gasteiger partial charge in [-0.25, -0.2) is 0 Å². The van der Waals surface area contributed by atoms with E-state index < -0.39 is 23.8 Å². The van der Waals surface area contributed by atoms with Crippen molar-refractivity contribution in [3.63, 3.8) is 0 Å². The summed E-state index contributed by atoms with van der Waals surface area (Å²) in [5.41, 5.74) is 1.53. The second-order valence-electron chi connectivity index (χ2n) is 9.74. The molecule has 3 aliphatic heterocycles. The smallest absolute Gasteiger partial charge is 0.262 e. The second kappa shape index (κ2) is 9.11. The summed E-state index contributed by atoms with van der Waals surface area (Å²) in [6, 6.07) is 5.17. The van der Waals surface area contributed by atoms with E-state index >= 15 is 0 Å². The van der Waals surface area contributed by atoms with Crippen LogP contribution in [0.2, 0.25) is 0 Å². The summed E-state index contributed by atoms with van der Waals surface area (Å²) in [6.07, 6.45) is 5.18. The van der Waals surface area contributed by atoms with Gasteiger partial charge < -0.3 is 9.64 Å². The molecule has 0 aromatic heterocycles. The van der Waals surface area contributed by atoms with Gasteiger partial charge in [-0.05, 0) is 44.4 Å². The monoisotopic (exact) mass is 468 g/mol. The zero-order valence-corrected chi connectivity index (χ0v) is 19.8. The SMILES string of the molecule is CCOC1CN(C2CCCCC2N(C)c2ccc3c(c2)C(=O)N(C2CCC(=O)NC2=O)C3=O)C1. The van der Waals surface area contributed by atoms with Crippen LogP contribution in [-0.4, -0.2) is 84.4 Å². The second-order valence-corrected chi connectivity index (χ2v) is 9.74. The molecule has 1 aromatic rings. The lowest BCUT2D eigenvalue weighted by molar-refractivity contribution is -0.136. The van der Waals surface area contributed by atoms with Crippen molar-refractivity contribution in [1.82, 2.24) is 15.1 Å². The largest absolute Gasteiger partial charge is 0.376 e. The van der Waals surface area contributed by atoms with Crippen LogP contribution in [0.4, 0.5) is 5.69 Å². The van der Waals surface area contributed by atoms with Crippen molar-refractivity contribution >= 4 is 29.3 Å². The molecule has 5 rings (SSSR count). The number of rotatable bonds is 6. The Morgan fingerprint density at radius 2 is 1.76 bits per heavy atom. The van der Waals surface area contributed by atoms with Crippen LogP contribution >= 0.6 is 0 Å². The zero-order chi connectivity index (χ0) is 24.0. The molecule has 34 heavy (non-hydrogen) atoms. The molecule has 9 nitrogen and oxygen atoms in total. The van der Waals surface area contributed by atoms with Gasteiger partial charge in [0.2, 0.25) is 11.8 Å². The van der Waals surface area contributed by atoms with E-state index in [1.807, 2.05) is 13.0 Å². The Balaban J connectivity index is 1.34. The summed E-state index contributed by atoms with van der Waals surface area (Å²) in [5, 5.41) is 2.24. The van der Waals surface area contributed by atoms with Crippen LogP contribution in [0.25, 0.3) is 0 Å². The Morgan fingerprint density at radius 1 is 1.03 bits per heavy atom. The molecule has 0 bridgehead atoms. The van der Waals surface area contributed by atoms with E-state index in [9.17, 15) is 19.2 Å². The number of amides is 4. The lowest BCUT2D eigenvalue weighted by Gasteiger charge is -2.50. The van der Waals surface area contributed by atoms with E-state index in [1.165, 1.54) is 12.8 Å². The number of hydrogen-bond acceptors (Lipinski definition) is 7. The quantitative estimate of drug-likeness (QED) is 0.633. The van der Waals surface area contributed by atoms with E-state index in [0.717, 1.165) is 43.1 Å². The molecule has 0 spiro atoms. The molecular weight excluding hydrogens is 436 g/mol. The van der Waals surface area contributed by atoms with Gasteiger partial charge in [0.15, 0.2) is 0 Å². The van der Waals surface area contributed by atoms with E-state index in [4.69, 9.17) is 4.74 Å². The van der Waals surface area contributed by atoms with Crippen LogP contribution < -0.4 is 10.2 Å². The van der Waals surface area contributed by atoms with Crippen LogP contribution in [0.1, 0.15) is 66.2 Å². The lowest BCUT2D eigenvalue weighted by Crippen LogP contribution is -2.62. The number of piperidine rings is 1. The van der Waals surface area contributed by atoms with E-state index in [0.29, 0.717) is 29.3 Å². The van der Waals surface area contributed by atoms with Gasteiger partial charge in [-0.1, -0.05) is 12.8 Å². The number of likely N-dealkylation sites (tertiary alicyclic amines) is 1. The van der Waals surface area contributed by atoms with Gasteiger partial charge in [-0.3, -0.25) is 34.3 Å². The molecule has 4 amide bonds. The third kappa shape index (κ3) is 3.90. The molecule has 2 saturated heterocycles. The number of ether oxygens (including phenoxy) is 1. The number of benzene rings is 1. The average Bonchev–Trinajstić information content (AvgIpc) is 3.05. The van der Waals surface area contributed by atoms with Crippen molar-refractivity contribution in [2.45, 2.75) is 69.7 Å². The van der Waals surface area contributed by atoms with Crippen molar-refractivity contribution in [3.05, 3.63) is 29.3 Å². The topological polar surface area (TPSA) is 99.3 Å². The van der Waals surface area contributed by atoms with Crippen molar-refractivity contribution < 1.29 is 23.9 Å². The maximum Gasteiger partial charge on any atom is 0.262 e. The first-order valence-electron chi connectivity index (χ1n) is 12.3. The Kier molecular flexibility index (Phi) is 6.16. The maximum absolute atomic E-state index is 13.2. The number of anilines is 1. The van der Waals surface area contributed by atoms with Crippen LogP contribution in [0.5, 0.6) is 0 Å².